The van der Waals surface area contributed by atoms with Crippen LogP contribution in [-0.2, 0) is 0 Å². The van der Waals surface area contributed by atoms with E-state index in [0.29, 0.717) is 16.8 Å². The predicted octanol–water partition coefficient (Wildman–Crippen LogP) is 1.78. The number of ketones is 1. The normalized spacial score (nSPS) is 10.7. The summed E-state index contributed by atoms with van der Waals surface area (Å²) in [6.07, 6.45) is 1.51. The number of nitrogens with zero attached hydrogens (tertiary/aromatic N) is 2. The van der Waals surface area contributed by atoms with Crippen molar-refractivity contribution in [1.29, 1.82) is 0 Å². The Kier molecular flexibility index (Phi) is 1.96. The quantitative estimate of drug-likeness (QED) is 0.724. The summed E-state index contributed by atoms with van der Waals surface area (Å²) in [4.78, 5) is 20.5. The first-order valence-electron chi connectivity index (χ1n) is 4.12. The van der Waals surface area contributed by atoms with Crippen LogP contribution in [0.25, 0.3) is 10.3 Å². The Morgan fingerprint density at radius 2 is 2.29 bits per heavy atom. The monoisotopic (exact) mass is 207 g/mol. The molecule has 0 aliphatic rings. The van der Waals surface area contributed by atoms with Gasteiger partial charge in [0.1, 0.15) is 10.3 Å². The Labute approximate surface area is 84.8 Å². The maximum absolute atomic E-state index is 11.3. The Bertz CT molecular complexity index is 518. The zero-order chi connectivity index (χ0) is 10.3. The van der Waals surface area contributed by atoms with Crippen molar-refractivity contribution in [2.24, 2.45) is 0 Å². The van der Waals surface area contributed by atoms with E-state index >= 15 is 0 Å². The zero-order valence-corrected chi connectivity index (χ0v) is 8.68. The summed E-state index contributed by atoms with van der Waals surface area (Å²) in [6, 6.07) is 0. The molecule has 14 heavy (non-hydrogen) atoms. The molecule has 0 saturated heterocycles. The van der Waals surface area contributed by atoms with Crippen molar-refractivity contribution in [3.05, 3.63) is 16.8 Å². The van der Waals surface area contributed by atoms with E-state index in [4.69, 9.17) is 5.73 Å². The molecule has 0 saturated carbocycles. The summed E-state index contributed by atoms with van der Waals surface area (Å²) < 4.78 is 0. The highest BCUT2D eigenvalue weighted by molar-refractivity contribution is 7.18. The molecule has 2 heterocycles. The maximum atomic E-state index is 11.3. The minimum Gasteiger partial charge on any atom is -0.397 e. The fraction of sp³-hybridized carbons (Fsp3) is 0.222. The third kappa shape index (κ3) is 1.26. The van der Waals surface area contributed by atoms with Crippen LogP contribution in [0.1, 0.15) is 22.3 Å². The van der Waals surface area contributed by atoms with E-state index in [2.05, 4.69) is 9.97 Å². The summed E-state index contributed by atoms with van der Waals surface area (Å²) >= 11 is 1.46. The number of nitrogen functional groups attached to an aromatic ring is 1. The Morgan fingerprint density at radius 1 is 1.57 bits per heavy atom. The van der Waals surface area contributed by atoms with Crippen LogP contribution in [0.3, 0.4) is 0 Å². The van der Waals surface area contributed by atoms with Crippen molar-refractivity contribution in [2.75, 3.05) is 5.73 Å². The molecule has 0 aliphatic heterocycles. The number of rotatable bonds is 1. The molecule has 0 fully saturated rings. The molecular formula is C9H9N3OS. The second kappa shape index (κ2) is 3.02. The summed E-state index contributed by atoms with van der Waals surface area (Å²) in [7, 11) is 0. The molecule has 72 valence electrons. The summed E-state index contributed by atoms with van der Waals surface area (Å²) in [5.41, 5.74) is 7.19. The van der Waals surface area contributed by atoms with Crippen LogP contribution in [0.15, 0.2) is 6.20 Å². The van der Waals surface area contributed by atoms with Gasteiger partial charge in [-0.1, -0.05) is 11.3 Å². The lowest BCUT2D eigenvalue weighted by Gasteiger charge is -2.00. The highest BCUT2D eigenvalue weighted by atomic mass is 32.1. The zero-order valence-electron chi connectivity index (χ0n) is 7.87. The van der Waals surface area contributed by atoms with Gasteiger partial charge in [-0.3, -0.25) is 4.79 Å². The molecule has 0 radical (unpaired) electrons. The van der Waals surface area contributed by atoms with Gasteiger partial charge < -0.3 is 5.73 Å². The lowest BCUT2D eigenvalue weighted by Crippen LogP contribution is -2.01. The first-order chi connectivity index (χ1) is 6.59. The number of carbonyl (C=O) groups excluding carboxylic acids is 1. The summed E-state index contributed by atoms with van der Waals surface area (Å²) in [5.74, 6) is -0.0693. The van der Waals surface area contributed by atoms with Crippen molar-refractivity contribution in [3.63, 3.8) is 0 Å². The van der Waals surface area contributed by atoms with Crippen molar-refractivity contribution in [2.45, 2.75) is 13.8 Å². The van der Waals surface area contributed by atoms with Gasteiger partial charge >= 0.3 is 0 Å². The third-order valence-corrected chi connectivity index (χ3v) is 2.79. The lowest BCUT2D eigenvalue weighted by molar-refractivity contribution is 0.102. The van der Waals surface area contributed by atoms with Gasteiger partial charge in [0.25, 0.3) is 0 Å². The van der Waals surface area contributed by atoms with Gasteiger partial charge in [0.05, 0.1) is 22.5 Å². The fourth-order valence-electron chi connectivity index (χ4n) is 1.37. The molecule has 0 aliphatic carbocycles. The second-order valence-corrected chi connectivity index (χ2v) is 4.21. The Balaban J connectivity index is 2.88. The number of carbonyl (C=O) groups is 1. The molecule has 0 spiro atoms. The van der Waals surface area contributed by atoms with Crippen LogP contribution in [0.5, 0.6) is 0 Å². The molecular weight excluding hydrogens is 198 g/mol. The molecule has 0 amide bonds. The van der Waals surface area contributed by atoms with Crippen LogP contribution >= 0.6 is 11.3 Å². The van der Waals surface area contributed by atoms with Crippen LogP contribution in [0, 0.1) is 6.92 Å². The lowest BCUT2D eigenvalue weighted by atomic mass is 10.1. The molecule has 0 atom stereocenters. The Morgan fingerprint density at radius 3 is 2.93 bits per heavy atom. The van der Waals surface area contributed by atoms with Gasteiger partial charge in [-0.25, -0.2) is 9.97 Å². The average Bonchev–Trinajstić information content (AvgIpc) is 2.43. The van der Waals surface area contributed by atoms with Crippen molar-refractivity contribution in [3.8, 4) is 0 Å². The minimum atomic E-state index is -0.0693. The molecule has 4 nitrogen and oxygen atoms in total. The number of hydrogen-bond acceptors (Lipinski definition) is 5. The standard InChI is InChI=1S/C9H9N3OS/c1-4(13)7-6(10)3-11-9-8(7)12-5(2)14-9/h3H,10H2,1-2H3. The highest BCUT2D eigenvalue weighted by Crippen LogP contribution is 2.26. The molecule has 0 unspecified atom stereocenters. The van der Waals surface area contributed by atoms with Crippen LogP contribution < -0.4 is 5.73 Å². The SMILES string of the molecule is CC(=O)c1c(N)cnc2sc(C)nc12. The average molecular weight is 207 g/mol. The van der Waals surface area contributed by atoms with Crippen LogP contribution in [0.4, 0.5) is 5.69 Å². The van der Waals surface area contributed by atoms with E-state index in [1.165, 1.54) is 24.5 Å². The van der Waals surface area contributed by atoms with Gasteiger partial charge in [0.15, 0.2) is 5.78 Å². The number of hydrogen-bond donors (Lipinski definition) is 1. The van der Waals surface area contributed by atoms with E-state index in [9.17, 15) is 4.79 Å². The highest BCUT2D eigenvalue weighted by Gasteiger charge is 2.14. The number of aromatic nitrogens is 2. The van der Waals surface area contributed by atoms with Crippen molar-refractivity contribution >= 4 is 33.2 Å². The Hall–Kier alpha value is -1.49. The molecule has 2 aromatic rings. The molecule has 5 heteroatoms. The topological polar surface area (TPSA) is 68.9 Å². The van der Waals surface area contributed by atoms with E-state index in [0.717, 1.165) is 9.84 Å². The number of fused-ring (bicyclic) bond motifs is 1. The molecule has 0 aromatic carbocycles. The maximum Gasteiger partial charge on any atom is 0.164 e. The first kappa shape index (κ1) is 9.08. The van der Waals surface area contributed by atoms with Crippen LogP contribution in [-0.4, -0.2) is 15.8 Å². The van der Waals surface area contributed by atoms with Crippen molar-refractivity contribution < 1.29 is 4.79 Å². The predicted molar refractivity (Wildman–Crippen MR) is 56.6 cm³/mol. The number of pyridine rings is 1. The van der Waals surface area contributed by atoms with Gasteiger partial charge in [0, 0.05) is 0 Å². The summed E-state index contributed by atoms with van der Waals surface area (Å²) in [6.45, 7) is 3.37. The van der Waals surface area contributed by atoms with E-state index in [1.54, 1.807) is 0 Å². The molecule has 2 aromatic heterocycles. The van der Waals surface area contributed by atoms with Gasteiger partial charge in [-0.2, -0.15) is 0 Å². The molecule has 2 N–H and O–H groups in total. The largest absolute Gasteiger partial charge is 0.397 e. The van der Waals surface area contributed by atoms with Gasteiger partial charge in [0.2, 0.25) is 0 Å². The van der Waals surface area contributed by atoms with Crippen LogP contribution in [0.2, 0.25) is 0 Å². The van der Waals surface area contributed by atoms with Crippen molar-refractivity contribution in [1.82, 2.24) is 9.97 Å². The van der Waals surface area contributed by atoms with E-state index in [1.807, 2.05) is 6.92 Å². The first-order valence-corrected chi connectivity index (χ1v) is 4.94. The third-order valence-electron chi connectivity index (χ3n) is 1.91. The van der Waals surface area contributed by atoms with E-state index < -0.39 is 0 Å². The fourth-order valence-corrected chi connectivity index (χ4v) is 2.13. The number of nitrogens with two attached hydrogens (primary N) is 1. The number of thiazole rings is 1. The van der Waals surface area contributed by atoms with Gasteiger partial charge in [-0.05, 0) is 13.8 Å². The summed E-state index contributed by atoms with van der Waals surface area (Å²) in [5, 5.41) is 0.889. The number of Topliss-reactive ketones (excluding diaryl/α,β-unsaturated/α-hetero) is 1. The minimum absolute atomic E-state index is 0.0693. The molecule has 2 rings (SSSR count). The number of anilines is 1. The van der Waals surface area contributed by atoms with E-state index in [-0.39, 0.29) is 5.78 Å². The smallest absolute Gasteiger partial charge is 0.164 e. The van der Waals surface area contributed by atoms with Gasteiger partial charge in [-0.15, -0.1) is 0 Å². The molecule has 0 bridgehead atoms. The second-order valence-electron chi connectivity index (χ2n) is 3.03. The number of aryl methyl sites for hydroxylation is 1.